The molecule has 0 aromatic carbocycles. The Morgan fingerprint density at radius 1 is 1.32 bits per heavy atom. The van der Waals surface area contributed by atoms with Crippen LogP contribution in [0, 0.1) is 0 Å². The second-order valence-electron chi connectivity index (χ2n) is 6.93. The van der Waals surface area contributed by atoms with Gasteiger partial charge in [-0.1, -0.05) is 6.92 Å². The van der Waals surface area contributed by atoms with E-state index in [-0.39, 0.29) is 12.2 Å². The Labute approximate surface area is 150 Å². The molecule has 4 rings (SSSR count). The number of nitrogens with one attached hydrogen (secondary N) is 1. The van der Waals surface area contributed by atoms with Gasteiger partial charge in [0.05, 0.1) is 29.0 Å². The zero-order chi connectivity index (χ0) is 17.6. The normalized spacial score (nSPS) is 16.3. The van der Waals surface area contributed by atoms with Gasteiger partial charge in [-0.2, -0.15) is 0 Å². The molecule has 0 spiro atoms. The molecule has 7 heteroatoms. The monoisotopic (exact) mass is 358 g/mol. The van der Waals surface area contributed by atoms with Crippen molar-refractivity contribution in [2.24, 2.45) is 0 Å². The number of pyridine rings is 1. The van der Waals surface area contributed by atoms with Crippen LogP contribution < -0.4 is 5.32 Å². The van der Waals surface area contributed by atoms with E-state index in [1.54, 1.807) is 17.7 Å². The van der Waals surface area contributed by atoms with Crippen molar-refractivity contribution in [2.75, 3.05) is 18.5 Å². The summed E-state index contributed by atoms with van der Waals surface area (Å²) in [5.41, 5.74) is 4.40. The number of hydrogen-bond acceptors (Lipinski definition) is 7. The molecule has 0 bridgehead atoms. The van der Waals surface area contributed by atoms with Gasteiger partial charge in [0.15, 0.2) is 0 Å². The van der Waals surface area contributed by atoms with Gasteiger partial charge in [0.2, 0.25) is 0 Å². The van der Waals surface area contributed by atoms with Gasteiger partial charge in [-0.25, -0.2) is 15.0 Å². The van der Waals surface area contributed by atoms with Crippen LogP contribution in [-0.4, -0.2) is 38.8 Å². The van der Waals surface area contributed by atoms with Crippen molar-refractivity contribution in [3.63, 3.8) is 0 Å². The summed E-state index contributed by atoms with van der Waals surface area (Å²) in [7, 11) is 0. The van der Waals surface area contributed by atoms with Crippen molar-refractivity contribution < 1.29 is 9.84 Å². The first-order valence-electron chi connectivity index (χ1n) is 8.60. The van der Waals surface area contributed by atoms with Crippen LogP contribution in [0.3, 0.4) is 0 Å². The van der Waals surface area contributed by atoms with E-state index in [0.29, 0.717) is 13.2 Å². The third-order valence-corrected chi connectivity index (χ3v) is 5.73. The minimum atomic E-state index is -0.189. The van der Waals surface area contributed by atoms with Gasteiger partial charge in [0, 0.05) is 29.6 Å². The highest BCUT2D eigenvalue weighted by Crippen LogP contribution is 2.42. The van der Waals surface area contributed by atoms with E-state index >= 15 is 0 Å². The predicted octanol–water partition coefficient (Wildman–Crippen LogP) is 3.06. The molecular formula is C18H22N4O2S. The van der Waals surface area contributed by atoms with E-state index < -0.39 is 0 Å². The van der Waals surface area contributed by atoms with Crippen LogP contribution >= 0.6 is 11.3 Å². The highest BCUT2D eigenvalue weighted by Gasteiger charge is 2.31. The smallest absolute Gasteiger partial charge is 0.147 e. The number of thiophene rings is 1. The molecule has 0 saturated heterocycles. The van der Waals surface area contributed by atoms with Crippen molar-refractivity contribution in [1.82, 2.24) is 15.0 Å². The van der Waals surface area contributed by atoms with E-state index in [4.69, 9.17) is 14.8 Å². The summed E-state index contributed by atoms with van der Waals surface area (Å²) in [6.07, 6.45) is 3.32. The van der Waals surface area contributed by atoms with Crippen LogP contribution in [0.5, 0.6) is 0 Å². The topological polar surface area (TPSA) is 80.2 Å². The zero-order valence-electron chi connectivity index (χ0n) is 14.7. The standard InChI is InChI=1S/C18H22N4O2S/c1-4-12-11-8-24-18(2,3)7-10(11)13-14-15(25-17(13)22-12)16(19-5-6-23)21-9-20-14/h9,23H,4-8H2,1-3H3,(H,19,20,21). The largest absolute Gasteiger partial charge is 0.395 e. The van der Waals surface area contributed by atoms with Crippen LogP contribution in [-0.2, 0) is 24.2 Å². The molecule has 0 atom stereocenters. The number of anilines is 1. The van der Waals surface area contributed by atoms with Crippen LogP contribution in [0.25, 0.3) is 20.4 Å². The number of ether oxygens (including phenoxy) is 1. The molecule has 4 heterocycles. The van der Waals surface area contributed by atoms with Gasteiger partial charge in [0.1, 0.15) is 17.0 Å². The molecule has 2 N–H and O–H groups in total. The number of aliphatic hydroxyl groups is 1. The molecule has 25 heavy (non-hydrogen) atoms. The molecule has 0 unspecified atom stereocenters. The number of aryl methyl sites for hydroxylation is 1. The highest BCUT2D eigenvalue weighted by atomic mass is 32.1. The number of hydrogen-bond donors (Lipinski definition) is 2. The summed E-state index contributed by atoms with van der Waals surface area (Å²) in [4.78, 5) is 14.8. The predicted molar refractivity (Wildman–Crippen MR) is 100 cm³/mol. The summed E-state index contributed by atoms with van der Waals surface area (Å²) in [5, 5.41) is 13.4. The summed E-state index contributed by atoms with van der Waals surface area (Å²) in [5.74, 6) is 0.764. The van der Waals surface area contributed by atoms with Crippen molar-refractivity contribution in [3.05, 3.63) is 23.1 Å². The van der Waals surface area contributed by atoms with Crippen LogP contribution in [0.4, 0.5) is 5.82 Å². The van der Waals surface area contributed by atoms with Gasteiger partial charge >= 0.3 is 0 Å². The van der Waals surface area contributed by atoms with E-state index in [2.05, 4.69) is 36.1 Å². The summed E-state index contributed by atoms with van der Waals surface area (Å²) in [6.45, 7) is 7.53. The summed E-state index contributed by atoms with van der Waals surface area (Å²) in [6, 6.07) is 0. The maximum atomic E-state index is 9.09. The lowest BCUT2D eigenvalue weighted by Crippen LogP contribution is -2.32. The Hall–Kier alpha value is -1.83. The fourth-order valence-corrected chi connectivity index (χ4v) is 4.61. The molecule has 132 valence electrons. The Morgan fingerprint density at radius 2 is 2.16 bits per heavy atom. The average Bonchev–Trinajstić information content (AvgIpc) is 2.97. The molecule has 0 saturated carbocycles. The molecule has 0 radical (unpaired) electrons. The molecule has 0 aliphatic carbocycles. The van der Waals surface area contributed by atoms with Crippen molar-refractivity contribution in [1.29, 1.82) is 0 Å². The van der Waals surface area contributed by atoms with Gasteiger partial charge in [-0.05, 0) is 25.8 Å². The average molecular weight is 358 g/mol. The lowest BCUT2D eigenvalue weighted by atomic mass is 9.89. The molecule has 6 nitrogen and oxygen atoms in total. The molecule has 1 aliphatic rings. The molecule has 3 aromatic rings. The first-order chi connectivity index (χ1) is 12.0. The van der Waals surface area contributed by atoms with Gasteiger partial charge in [0.25, 0.3) is 0 Å². The fourth-order valence-electron chi connectivity index (χ4n) is 3.47. The SMILES string of the molecule is CCc1nc2sc3c(NCCO)ncnc3c2c2c1COC(C)(C)C2. The molecule has 0 amide bonds. The van der Waals surface area contributed by atoms with Gasteiger partial charge in [-0.15, -0.1) is 11.3 Å². The Kier molecular flexibility index (Phi) is 4.10. The zero-order valence-corrected chi connectivity index (χ0v) is 15.5. The first kappa shape index (κ1) is 16.6. The quantitative estimate of drug-likeness (QED) is 0.746. The molecule has 3 aromatic heterocycles. The Morgan fingerprint density at radius 3 is 2.92 bits per heavy atom. The second-order valence-corrected chi connectivity index (χ2v) is 7.93. The third-order valence-electron chi connectivity index (χ3n) is 4.65. The third kappa shape index (κ3) is 2.76. The molecule has 0 fully saturated rings. The fraction of sp³-hybridized carbons (Fsp3) is 0.500. The summed E-state index contributed by atoms with van der Waals surface area (Å²) >= 11 is 1.62. The van der Waals surface area contributed by atoms with Gasteiger partial charge in [-0.3, -0.25) is 0 Å². The first-order valence-corrected chi connectivity index (χ1v) is 9.42. The lowest BCUT2D eigenvalue weighted by Gasteiger charge is -2.33. The van der Waals surface area contributed by atoms with Crippen molar-refractivity contribution in [2.45, 2.75) is 45.8 Å². The molecular weight excluding hydrogens is 336 g/mol. The molecule has 1 aliphatic heterocycles. The van der Waals surface area contributed by atoms with E-state index in [0.717, 1.165) is 44.8 Å². The maximum Gasteiger partial charge on any atom is 0.147 e. The minimum absolute atomic E-state index is 0.0650. The number of aliphatic hydroxyl groups excluding tert-OH is 1. The van der Waals surface area contributed by atoms with Crippen molar-refractivity contribution in [3.8, 4) is 0 Å². The van der Waals surface area contributed by atoms with E-state index in [1.165, 1.54) is 11.1 Å². The Balaban J connectivity index is 2.01. The number of rotatable bonds is 4. The lowest BCUT2D eigenvalue weighted by molar-refractivity contribution is -0.0401. The highest BCUT2D eigenvalue weighted by molar-refractivity contribution is 7.26. The number of nitrogens with zero attached hydrogens (tertiary/aromatic N) is 3. The Bertz CT molecular complexity index is 951. The van der Waals surface area contributed by atoms with Crippen LogP contribution in [0.15, 0.2) is 6.33 Å². The number of fused-ring (bicyclic) bond motifs is 5. The minimum Gasteiger partial charge on any atom is -0.395 e. The maximum absolute atomic E-state index is 9.09. The van der Waals surface area contributed by atoms with Crippen LogP contribution in [0.2, 0.25) is 0 Å². The van der Waals surface area contributed by atoms with E-state index in [1.807, 2.05) is 0 Å². The van der Waals surface area contributed by atoms with Crippen molar-refractivity contribution >= 4 is 37.6 Å². The number of aromatic nitrogens is 3. The summed E-state index contributed by atoms with van der Waals surface area (Å²) < 4.78 is 7.04. The second kappa shape index (κ2) is 6.16. The van der Waals surface area contributed by atoms with Gasteiger partial charge < -0.3 is 15.2 Å². The van der Waals surface area contributed by atoms with Crippen LogP contribution in [0.1, 0.15) is 37.6 Å². The van der Waals surface area contributed by atoms with E-state index in [9.17, 15) is 0 Å².